The van der Waals surface area contributed by atoms with E-state index in [1.165, 1.54) is 15.8 Å². The molecule has 0 saturated heterocycles. The largest absolute Gasteiger partial charge is 0.252 e. The fourth-order valence-corrected chi connectivity index (χ4v) is 2.66. The molecule has 0 atom stereocenters. The molecule has 0 fully saturated rings. The number of hydrogen-bond acceptors (Lipinski definition) is 2. The molecule has 2 aromatic heterocycles. The van der Waals surface area contributed by atoms with E-state index in [0.29, 0.717) is 0 Å². The van der Waals surface area contributed by atoms with Crippen LogP contribution in [0, 0.1) is 6.92 Å². The molecule has 0 bridgehead atoms. The van der Waals surface area contributed by atoms with E-state index in [1.807, 2.05) is 6.07 Å². The van der Waals surface area contributed by atoms with Crippen LogP contribution < -0.4 is 0 Å². The number of rotatable bonds is 1. The summed E-state index contributed by atoms with van der Waals surface area (Å²) in [7, 11) is 0. The summed E-state index contributed by atoms with van der Waals surface area (Å²) in [5.74, 6) is 0. The van der Waals surface area contributed by atoms with Crippen LogP contribution in [0.2, 0.25) is 0 Å². The van der Waals surface area contributed by atoms with Gasteiger partial charge in [-0.15, -0.1) is 11.3 Å². The zero-order chi connectivity index (χ0) is 11.0. The highest BCUT2D eigenvalue weighted by atomic mass is 32.1. The Hall–Kier alpha value is -1.67. The van der Waals surface area contributed by atoms with E-state index in [1.54, 1.807) is 11.3 Å². The highest BCUT2D eigenvalue weighted by Crippen LogP contribution is 2.28. The zero-order valence-corrected chi connectivity index (χ0v) is 9.79. The van der Waals surface area contributed by atoms with Gasteiger partial charge in [0.05, 0.1) is 10.2 Å². The van der Waals surface area contributed by atoms with E-state index in [-0.39, 0.29) is 0 Å². The van der Waals surface area contributed by atoms with Gasteiger partial charge in [-0.25, -0.2) is 0 Å². The lowest BCUT2D eigenvalue weighted by Crippen LogP contribution is -1.87. The number of benzene rings is 1. The summed E-state index contributed by atoms with van der Waals surface area (Å²) in [5.41, 5.74) is 4.66. The Kier molecular flexibility index (Phi) is 2.22. The summed E-state index contributed by atoms with van der Waals surface area (Å²) in [6.07, 6.45) is 0. The smallest absolute Gasteiger partial charge is 0.0813 e. The molecule has 0 radical (unpaired) electrons. The lowest BCUT2D eigenvalue weighted by atomic mass is 10.0. The first-order chi connectivity index (χ1) is 7.84. The van der Waals surface area contributed by atoms with Gasteiger partial charge >= 0.3 is 0 Å². The molecule has 0 spiro atoms. The summed E-state index contributed by atoms with van der Waals surface area (Å²) >= 11 is 1.74. The molecular formula is C14H11NS. The monoisotopic (exact) mass is 225 g/mol. The Bertz CT molecular complexity index is 626. The third-order valence-electron chi connectivity index (χ3n) is 2.71. The van der Waals surface area contributed by atoms with Crippen LogP contribution in [-0.4, -0.2) is 4.98 Å². The topological polar surface area (TPSA) is 12.9 Å². The molecule has 0 saturated carbocycles. The van der Waals surface area contributed by atoms with Gasteiger partial charge in [-0.05, 0) is 30.0 Å². The molecule has 0 unspecified atom stereocenters. The minimum atomic E-state index is 1.09. The van der Waals surface area contributed by atoms with Crippen molar-refractivity contribution in [3.05, 3.63) is 53.5 Å². The number of pyridine rings is 1. The summed E-state index contributed by atoms with van der Waals surface area (Å²) in [6, 6.07) is 14.7. The van der Waals surface area contributed by atoms with E-state index in [2.05, 4.69) is 53.7 Å². The highest BCUT2D eigenvalue weighted by molar-refractivity contribution is 7.17. The summed E-state index contributed by atoms with van der Waals surface area (Å²) in [6.45, 7) is 2.07. The SMILES string of the molecule is Cc1nc2ccsc2cc1-c1ccccc1. The van der Waals surface area contributed by atoms with E-state index < -0.39 is 0 Å². The molecule has 0 aliphatic rings. The second-order valence-electron chi connectivity index (χ2n) is 3.79. The Balaban J connectivity index is 2.27. The van der Waals surface area contributed by atoms with Crippen LogP contribution in [-0.2, 0) is 0 Å². The Morgan fingerprint density at radius 2 is 1.88 bits per heavy atom. The van der Waals surface area contributed by atoms with Gasteiger partial charge in [0.2, 0.25) is 0 Å². The van der Waals surface area contributed by atoms with Crippen molar-refractivity contribution in [2.24, 2.45) is 0 Å². The van der Waals surface area contributed by atoms with Crippen molar-refractivity contribution in [2.75, 3.05) is 0 Å². The molecular weight excluding hydrogens is 214 g/mol. The van der Waals surface area contributed by atoms with Crippen molar-refractivity contribution in [2.45, 2.75) is 6.92 Å². The third kappa shape index (κ3) is 1.51. The molecule has 0 N–H and O–H groups in total. The van der Waals surface area contributed by atoms with Gasteiger partial charge in [0, 0.05) is 11.3 Å². The lowest BCUT2D eigenvalue weighted by molar-refractivity contribution is 1.26. The quantitative estimate of drug-likeness (QED) is 0.602. The summed E-state index contributed by atoms with van der Waals surface area (Å²) in [5, 5.41) is 2.09. The predicted octanol–water partition coefficient (Wildman–Crippen LogP) is 4.27. The maximum atomic E-state index is 4.62. The van der Waals surface area contributed by atoms with Crippen molar-refractivity contribution < 1.29 is 0 Å². The Morgan fingerprint density at radius 3 is 2.69 bits per heavy atom. The second-order valence-corrected chi connectivity index (χ2v) is 4.74. The first-order valence-corrected chi connectivity index (χ1v) is 6.13. The van der Waals surface area contributed by atoms with Gasteiger partial charge < -0.3 is 0 Å². The minimum absolute atomic E-state index is 1.09. The molecule has 0 amide bonds. The average molecular weight is 225 g/mol. The van der Waals surface area contributed by atoms with Gasteiger partial charge in [0.25, 0.3) is 0 Å². The van der Waals surface area contributed by atoms with Gasteiger partial charge in [-0.2, -0.15) is 0 Å². The molecule has 2 heteroatoms. The molecule has 0 aliphatic heterocycles. The van der Waals surface area contributed by atoms with E-state index in [0.717, 1.165) is 11.2 Å². The van der Waals surface area contributed by atoms with Crippen molar-refractivity contribution in [1.29, 1.82) is 0 Å². The van der Waals surface area contributed by atoms with Gasteiger partial charge in [0.1, 0.15) is 0 Å². The van der Waals surface area contributed by atoms with Crippen molar-refractivity contribution >= 4 is 21.6 Å². The van der Waals surface area contributed by atoms with E-state index >= 15 is 0 Å². The minimum Gasteiger partial charge on any atom is -0.252 e. The fourth-order valence-electron chi connectivity index (χ4n) is 1.90. The lowest BCUT2D eigenvalue weighted by Gasteiger charge is -2.05. The molecule has 3 rings (SSSR count). The number of aryl methyl sites for hydroxylation is 1. The van der Waals surface area contributed by atoms with Crippen molar-refractivity contribution in [3.8, 4) is 11.1 Å². The van der Waals surface area contributed by atoms with Crippen LogP contribution in [0.15, 0.2) is 47.8 Å². The standard InChI is InChI=1S/C14H11NS/c1-10-12(11-5-3-2-4-6-11)9-14-13(15-10)7-8-16-14/h2-9H,1H3. The number of fused-ring (bicyclic) bond motifs is 1. The molecule has 16 heavy (non-hydrogen) atoms. The summed E-state index contributed by atoms with van der Waals surface area (Å²) < 4.78 is 1.25. The maximum Gasteiger partial charge on any atom is 0.0813 e. The zero-order valence-electron chi connectivity index (χ0n) is 8.97. The van der Waals surface area contributed by atoms with E-state index in [9.17, 15) is 0 Å². The third-order valence-corrected chi connectivity index (χ3v) is 3.56. The molecule has 2 heterocycles. The normalized spacial score (nSPS) is 10.8. The van der Waals surface area contributed by atoms with Crippen LogP contribution in [0.25, 0.3) is 21.3 Å². The predicted molar refractivity (Wildman–Crippen MR) is 69.8 cm³/mol. The van der Waals surface area contributed by atoms with Crippen LogP contribution in [0.1, 0.15) is 5.69 Å². The van der Waals surface area contributed by atoms with Gasteiger partial charge in [-0.3, -0.25) is 4.98 Å². The van der Waals surface area contributed by atoms with Crippen molar-refractivity contribution in [3.63, 3.8) is 0 Å². The molecule has 78 valence electrons. The first kappa shape index (κ1) is 9.55. The summed E-state index contributed by atoms with van der Waals surface area (Å²) in [4.78, 5) is 4.62. The van der Waals surface area contributed by atoms with Crippen molar-refractivity contribution in [1.82, 2.24) is 4.98 Å². The highest BCUT2D eigenvalue weighted by Gasteiger charge is 2.05. The number of aromatic nitrogens is 1. The van der Waals surface area contributed by atoms with Gasteiger partial charge in [-0.1, -0.05) is 30.3 Å². The van der Waals surface area contributed by atoms with Gasteiger partial charge in [0.15, 0.2) is 0 Å². The maximum absolute atomic E-state index is 4.62. The first-order valence-electron chi connectivity index (χ1n) is 5.25. The van der Waals surface area contributed by atoms with Crippen LogP contribution in [0.3, 0.4) is 0 Å². The van der Waals surface area contributed by atoms with Crippen LogP contribution in [0.5, 0.6) is 0 Å². The average Bonchev–Trinajstić information content (AvgIpc) is 2.76. The molecule has 3 aromatic rings. The molecule has 1 aromatic carbocycles. The Morgan fingerprint density at radius 1 is 1.06 bits per heavy atom. The van der Waals surface area contributed by atoms with Crippen LogP contribution in [0.4, 0.5) is 0 Å². The Labute approximate surface area is 98.4 Å². The number of thiophene rings is 1. The van der Waals surface area contributed by atoms with Crippen LogP contribution >= 0.6 is 11.3 Å². The molecule has 1 nitrogen and oxygen atoms in total. The van der Waals surface area contributed by atoms with E-state index in [4.69, 9.17) is 0 Å². The second kappa shape index (κ2) is 3.72. The fraction of sp³-hybridized carbons (Fsp3) is 0.0714. The number of hydrogen-bond donors (Lipinski definition) is 0. The molecule has 0 aliphatic carbocycles. The number of nitrogens with zero attached hydrogens (tertiary/aromatic N) is 1.